The van der Waals surface area contributed by atoms with E-state index in [0.717, 1.165) is 6.54 Å². The molecule has 0 aromatic heterocycles. The Bertz CT molecular complexity index is 265. The molecule has 0 aromatic carbocycles. The molecule has 1 aliphatic rings. The third kappa shape index (κ3) is 2.70. The van der Waals surface area contributed by atoms with Gasteiger partial charge in [-0.25, -0.2) is 10.1 Å². The molecule has 0 atom stereocenters. The average Bonchev–Trinajstić information content (AvgIpc) is 2.10. The lowest BCUT2D eigenvalue weighted by molar-refractivity contribution is -0.486. The van der Waals surface area contributed by atoms with Crippen LogP contribution in [-0.2, 0) is 0 Å². The topological polar surface area (TPSA) is 74.0 Å². The highest BCUT2D eigenvalue weighted by Crippen LogP contribution is 1.98. The van der Waals surface area contributed by atoms with E-state index < -0.39 is 5.03 Å². The predicted molar refractivity (Wildman–Crippen MR) is 52.0 cm³/mol. The molecule has 1 aliphatic heterocycles. The Morgan fingerprint density at radius 3 is 3.07 bits per heavy atom. The zero-order chi connectivity index (χ0) is 10.6. The second-order valence-electron chi connectivity index (χ2n) is 2.98. The van der Waals surface area contributed by atoms with Gasteiger partial charge in [0.15, 0.2) is 5.03 Å². The molecular weight excluding hydrogens is 186 g/mol. The van der Waals surface area contributed by atoms with E-state index in [1.54, 1.807) is 18.0 Å². The molecule has 0 aromatic rings. The van der Waals surface area contributed by atoms with E-state index in [1.165, 1.54) is 0 Å². The number of hydrogen-bond acceptors (Lipinski definition) is 3. The zero-order valence-electron chi connectivity index (χ0n) is 8.01. The van der Waals surface area contributed by atoms with Gasteiger partial charge in [-0.15, -0.1) is 6.58 Å². The van der Waals surface area contributed by atoms with Gasteiger partial charge in [-0.1, -0.05) is 6.08 Å². The van der Waals surface area contributed by atoms with Crippen LogP contribution in [0.3, 0.4) is 0 Å². The van der Waals surface area contributed by atoms with Crippen LogP contribution in [0.25, 0.3) is 0 Å². The van der Waals surface area contributed by atoms with E-state index in [4.69, 9.17) is 0 Å². The number of guanidine groups is 1. The number of nitro groups is 1. The standard InChI is InChI=1S/C7H13N5O2/c1-3-4-11-5-8-7(9-12(13)14)10(2)6-11/h3H,1,4-6H2,2H3,(H,8,9). The highest BCUT2D eigenvalue weighted by atomic mass is 16.7. The molecule has 0 saturated carbocycles. The van der Waals surface area contributed by atoms with Gasteiger partial charge in [0, 0.05) is 13.6 Å². The van der Waals surface area contributed by atoms with Crippen molar-refractivity contribution in [3.05, 3.63) is 22.8 Å². The molecule has 1 rings (SSSR count). The van der Waals surface area contributed by atoms with Crippen molar-refractivity contribution in [2.45, 2.75) is 0 Å². The highest BCUT2D eigenvalue weighted by Gasteiger charge is 2.19. The normalized spacial score (nSPS) is 20.6. The fraction of sp³-hybridized carbons (Fsp3) is 0.571. The lowest BCUT2D eigenvalue weighted by Crippen LogP contribution is -2.55. The molecule has 14 heavy (non-hydrogen) atoms. The molecule has 1 fully saturated rings. The first-order valence-electron chi connectivity index (χ1n) is 4.14. The Hall–Kier alpha value is -1.63. The van der Waals surface area contributed by atoms with Crippen molar-refractivity contribution in [3.63, 3.8) is 0 Å². The summed E-state index contributed by atoms with van der Waals surface area (Å²) in [5.74, 6) is 0.287. The van der Waals surface area contributed by atoms with Crippen LogP contribution in [-0.4, -0.2) is 47.7 Å². The molecule has 1 heterocycles. The van der Waals surface area contributed by atoms with Crippen molar-refractivity contribution in [1.29, 1.82) is 0 Å². The van der Waals surface area contributed by atoms with E-state index in [1.807, 2.05) is 4.90 Å². The molecular formula is C7H13N5O2. The summed E-state index contributed by atoms with van der Waals surface area (Å²) < 4.78 is 0. The van der Waals surface area contributed by atoms with Gasteiger partial charge in [-0.3, -0.25) is 4.90 Å². The van der Waals surface area contributed by atoms with Crippen molar-refractivity contribution in [2.24, 2.45) is 5.10 Å². The number of nitrogens with one attached hydrogen (secondary N) is 1. The second-order valence-corrected chi connectivity index (χ2v) is 2.98. The first-order chi connectivity index (χ1) is 6.63. The van der Waals surface area contributed by atoms with Crippen LogP contribution in [0.2, 0.25) is 0 Å². The molecule has 78 valence electrons. The molecule has 1 N–H and O–H groups in total. The van der Waals surface area contributed by atoms with E-state index >= 15 is 0 Å². The van der Waals surface area contributed by atoms with Gasteiger partial charge in [0.05, 0.1) is 13.3 Å². The minimum atomic E-state index is -0.706. The van der Waals surface area contributed by atoms with Gasteiger partial charge in [0.25, 0.3) is 5.96 Å². The number of nitrogens with zero attached hydrogens (tertiary/aromatic N) is 4. The smallest absolute Gasteiger partial charge is 0.273 e. The average molecular weight is 199 g/mol. The van der Waals surface area contributed by atoms with Crippen molar-refractivity contribution >= 4 is 5.96 Å². The Labute approximate surface area is 81.8 Å². The van der Waals surface area contributed by atoms with Gasteiger partial charge in [-0.05, 0) is 0 Å². The Balaban J connectivity index is 2.55. The summed E-state index contributed by atoms with van der Waals surface area (Å²) in [6.07, 6.45) is 1.78. The minimum absolute atomic E-state index is 0.287. The highest BCUT2D eigenvalue weighted by molar-refractivity contribution is 5.79. The van der Waals surface area contributed by atoms with Crippen LogP contribution in [0.4, 0.5) is 0 Å². The van der Waals surface area contributed by atoms with E-state index in [2.05, 4.69) is 17.0 Å². The lowest BCUT2D eigenvalue weighted by Gasteiger charge is -2.33. The largest absolute Gasteiger partial charge is 0.338 e. The summed E-state index contributed by atoms with van der Waals surface area (Å²) in [4.78, 5) is 13.9. The molecule has 1 saturated heterocycles. The third-order valence-electron chi connectivity index (χ3n) is 1.80. The maximum Gasteiger partial charge on any atom is 0.273 e. The molecule has 7 nitrogen and oxygen atoms in total. The van der Waals surface area contributed by atoms with Crippen LogP contribution in [0.15, 0.2) is 17.8 Å². The Morgan fingerprint density at radius 2 is 2.57 bits per heavy atom. The van der Waals surface area contributed by atoms with Gasteiger partial charge in [-0.2, -0.15) is 0 Å². The van der Waals surface area contributed by atoms with Crippen LogP contribution in [0.5, 0.6) is 0 Å². The van der Waals surface area contributed by atoms with Crippen molar-refractivity contribution < 1.29 is 5.03 Å². The van der Waals surface area contributed by atoms with Crippen molar-refractivity contribution in [2.75, 3.05) is 26.9 Å². The summed E-state index contributed by atoms with van der Waals surface area (Å²) in [5, 5.41) is 15.5. The minimum Gasteiger partial charge on any atom is -0.338 e. The molecule has 0 radical (unpaired) electrons. The van der Waals surface area contributed by atoms with E-state index in [9.17, 15) is 10.1 Å². The summed E-state index contributed by atoms with van der Waals surface area (Å²) in [5.41, 5.74) is 0. The van der Waals surface area contributed by atoms with Gasteiger partial charge >= 0.3 is 0 Å². The van der Waals surface area contributed by atoms with Crippen LogP contribution < -0.4 is 5.32 Å². The Morgan fingerprint density at radius 1 is 1.86 bits per heavy atom. The van der Waals surface area contributed by atoms with Crippen molar-refractivity contribution in [3.8, 4) is 0 Å². The molecule has 7 heteroatoms. The fourth-order valence-electron chi connectivity index (χ4n) is 1.23. The van der Waals surface area contributed by atoms with Gasteiger partial charge in [0.2, 0.25) is 0 Å². The van der Waals surface area contributed by atoms with Crippen LogP contribution in [0.1, 0.15) is 0 Å². The predicted octanol–water partition coefficient (Wildman–Crippen LogP) is -0.528. The summed E-state index contributed by atoms with van der Waals surface area (Å²) in [6, 6.07) is 0. The van der Waals surface area contributed by atoms with Crippen LogP contribution in [0, 0.1) is 10.1 Å². The molecule has 0 bridgehead atoms. The van der Waals surface area contributed by atoms with Crippen LogP contribution >= 0.6 is 0 Å². The third-order valence-corrected chi connectivity index (χ3v) is 1.80. The SMILES string of the molecule is C=CCN1CN/C(=N/[N+](=O)[O-])N(C)C1. The summed E-state index contributed by atoms with van der Waals surface area (Å²) in [7, 11) is 1.74. The first kappa shape index (κ1) is 10.5. The first-order valence-corrected chi connectivity index (χ1v) is 4.14. The monoisotopic (exact) mass is 199 g/mol. The molecule has 0 unspecified atom stereocenters. The summed E-state index contributed by atoms with van der Waals surface area (Å²) >= 11 is 0. The van der Waals surface area contributed by atoms with Gasteiger partial charge < -0.3 is 10.2 Å². The van der Waals surface area contributed by atoms with Crippen molar-refractivity contribution in [1.82, 2.24) is 15.1 Å². The zero-order valence-corrected chi connectivity index (χ0v) is 8.01. The molecule has 0 spiro atoms. The fourth-order valence-corrected chi connectivity index (χ4v) is 1.23. The van der Waals surface area contributed by atoms with Gasteiger partial charge in [0.1, 0.15) is 5.10 Å². The lowest BCUT2D eigenvalue weighted by atomic mass is 10.5. The maximum absolute atomic E-state index is 10.1. The number of hydrazone groups is 1. The van der Waals surface area contributed by atoms with E-state index in [0.29, 0.717) is 13.3 Å². The number of hydrogen-bond donors (Lipinski definition) is 1. The maximum atomic E-state index is 10.1. The molecule has 0 aliphatic carbocycles. The number of rotatable bonds is 3. The molecule has 0 amide bonds. The van der Waals surface area contributed by atoms with E-state index in [-0.39, 0.29) is 5.96 Å². The second kappa shape index (κ2) is 4.56. The quantitative estimate of drug-likeness (QED) is 0.376. The summed E-state index contributed by atoms with van der Waals surface area (Å²) in [6.45, 7) is 5.51. The Kier molecular flexibility index (Phi) is 3.41.